The summed E-state index contributed by atoms with van der Waals surface area (Å²) in [4.78, 5) is 7.15. The lowest BCUT2D eigenvalue weighted by molar-refractivity contribution is -0.128. The molecule has 0 amide bonds. The molecule has 0 aliphatic rings. The predicted molar refractivity (Wildman–Crippen MR) is 47.5 cm³/mol. The molecule has 84 valence electrons. The predicted octanol–water partition coefficient (Wildman–Crippen LogP) is 2.38. The number of methoxy groups -OCH3 is 1. The van der Waals surface area contributed by atoms with Crippen molar-refractivity contribution in [2.75, 3.05) is 7.11 Å². The van der Waals surface area contributed by atoms with Crippen molar-refractivity contribution in [1.29, 1.82) is 0 Å². The fourth-order valence-corrected chi connectivity index (χ4v) is 1.22. The van der Waals surface area contributed by atoms with E-state index in [-0.39, 0.29) is 17.6 Å². The van der Waals surface area contributed by atoms with E-state index in [4.69, 9.17) is 16.3 Å². The number of alkyl halides is 3. The molecule has 7 heteroatoms. The summed E-state index contributed by atoms with van der Waals surface area (Å²) in [5.41, 5.74) is 0.330. The molecule has 1 rings (SSSR count). The van der Waals surface area contributed by atoms with E-state index in [0.717, 1.165) is 0 Å². The first-order valence-corrected chi connectivity index (χ1v) is 4.36. The van der Waals surface area contributed by atoms with E-state index >= 15 is 0 Å². The molecule has 15 heavy (non-hydrogen) atoms. The first kappa shape index (κ1) is 12.2. The van der Waals surface area contributed by atoms with Crippen molar-refractivity contribution in [2.24, 2.45) is 0 Å². The van der Waals surface area contributed by atoms with Gasteiger partial charge >= 0.3 is 6.18 Å². The zero-order valence-electron chi connectivity index (χ0n) is 7.81. The molecular weight excluding hydrogens is 233 g/mol. The van der Waals surface area contributed by atoms with Crippen LogP contribution in [-0.2, 0) is 17.8 Å². The zero-order chi connectivity index (χ0) is 11.5. The number of hydrogen-bond donors (Lipinski definition) is 0. The maximum absolute atomic E-state index is 12.0. The second kappa shape index (κ2) is 4.76. The van der Waals surface area contributed by atoms with Gasteiger partial charge in [-0.1, -0.05) is 11.6 Å². The fraction of sp³-hybridized carbons (Fsp3) is 0.500. The first-order valence-electron chi connectivity index (χ1n) is 3.99. The SMILES string of the molecule is COCc1cc(Cl)nc(CC(F)(F)F)n1. The van der Waals surface area contributed by atoms with Gasteiger partial charge in [-0.25, -0.2) is 9.97 Å². The van der Waals surface area contributed by atoms with E-state index in [1.165, 1.54) is 13.2 Å². The number of aromatic nitrogens is 2. The third kappa shape index (κ3) is 4.44. The fourth-order valence-electron chi connectivity index (χ4n) is 0.996. The van der Waals surface area contributed by atoms with E-state index in [9.17, 15) is 13.2 Å². The molecule has 3 nitrogen and oxygen atoms in total. The maximum atomic E-state index is 12.0. The van der Waals surface area contributed by atoms with E-state index in [1.807, 2.05) is 0 Å². The molecule has 0 saturated carbocycles. The third-order valence-corrected chi connectivity index (χ3v) is 1.64. The summed E-state index contributed by atoms with van der Waals surface area (Å²) in [5, 5.41) is -0.0173. The van der Waals surface area contributed by atoms with Crippen molar-refractivity contribution in [3.8, 4) is 0 Å². The molecule has 0 aromatic carbocycles. The number of hydrogen-bond acceptors (Lipinski definition) is 3. The van der Waals surface area contributed by atoms with Crippen LogP contribution >= 0.6 is 11.6 Å². The molecule has 0 fully saturated rings. The molecule has 0 spiro atoms. The Kier molecular flexibility index (Phi) is 3.87. The Hall–Kier alpha value is -0.880. The molecule has 0 saturated heterocycles. The van der Waals surface area contributed by atoms with Gasteiger partial charge in [0.05, 0.1) is 12.3 Å². The zero-order valence-corrected chi connectivity index (χ0v) is 8.56. The van der Waals surface area contributed by atoms with Crippen molar-refractivity contribution in [1.82, 2.24) is 9.97 Å². The molecule has 1 aromatic rings. The van der Waals surface area contributed by atoms with Crippen LogP contribution in [0.15, 0.2) is 6.07 Å². The second-order valence-corrected chi connectivity index (χ2v) is 3.21. The average Bonchev–Trinajstić information content (AvgIpc) is 1.99. The van der Waals surface area contributed by atoms with Crippen LogP contribution in [0, 0.1) is 0 Å². The van der Waals surface area contributed by atoms with Crippen molar-refractivity contribution in [2.45, 2.75) is 19.2 Å². The maximum Gasteiger partial charge on any atom is 0.396 e. The number of halogens is 4. The summed E-state index contributed by atoms with van der Waals surface area (Å²) in [6.45, 7) is 0.104. The highest BCUT2D eigenvalue weighted by molar-refractivity contribution is 6.29. The van der Waals surface area contributed by atoms with E-state index in [1.54, 1.807) is 0 Å². The molecular formula is C8H8ClF3N2O. The first-order chi connectivity index (χ1) is 6.90. The van der Waals surface area contributed by atoms with Crippen LogP contribution in [0.4, 0.5) is 13.2 Å². The summed E-state index contributed by atoms with van der Waals surface area (Å²) in [6.07, 6.45) is -5.53. The van der Waals surface area contributed by atoms with Gasteiger partial charge in [-0.3, -0.25) is 0 Å². The number of rotatable bonds is 3. The monoisotopic (exact) mass is 240 g/mol. The smallest absolute Gasteiger partial charge is 0.378 e. The second-order valence-electron chi connectivity index (χ2n) is 2.82. The lowest BCUT2D eigenvalue weighted by atomic mass is 10.3. The number of nitrogens with zero attached hydrogens (tertiary/aromatic N) is 2. The Morgan fingerprint density at radius 2 is 2.07 bits per heavy atom. The lowest BCUT2D eigenvalue weighted by Crippen LogP contribution is -2.15. The van der Waals surface area contributed by atoms with Gasteiger partial charge in [-0.05, 0) is 6.07 Å². The van der Waals surface area contributed by atoms with Crippen LogP contribution in [-0.4, -0.2) is 23.3 Å². The van der Waals surface area contributed by atoms with Gasteiger partial charge in [-0.2, -0.15) is 13.2 Å². The molecule has 0 aliphatic carbocycles. The van der Waals surface area contributed by atoms with Crippen molar-refractivity contribution < 1.29 is 17.9 Å². The van der Waals surface area contributed by atoms with Crippen molar-refractivity contribution in [3.63, 3.8) is 0 Å². The Balaban J connectivity index is 2.88. The summed E-state index contributed by atoms with van der Waals surface area (Å²) in [7, 11) is 1.42. The van der Waals surface area contributed by atoms with Crippen molar-refractivity contribution in [3.05, 3.63) is 22.7 Å². The number of ether oxygens (including phenoxy) is 1. The van der Waals surface area contributed by atoms with Crippen LogP contribution in [0.3, 0.4) is 0 Å². The topological polar surface area (TPSA) is 35.0 Å². The largest absolute Gasteiger partial charge is 0.396 e. The van der Waals surface area contributed by atoms with Crippen LogP contribution in [0.2, 0.25) is 5.15 Å². The van der Waals surface area contributed by atoms with E-state index in [2.05, 4.69) is 9.97 Å². The summed E-state index contributed by atoms with van der Waals surface area (Å²) in [5.74, 6) is -0.345. The van der Waals surface area contributed by atoms with Gasteiger partial charge in [0.1, 0.15) is 17.4 Å². The standard InChI is InChI=1S/C8H8ClF3N2O/c1-15-4-5-2-6(9)14-7(13-5)3-8(10,11)12/h2H,3-4H2,1H3. The minimum atomic E-state index is -4.34. The van der Waals surface area contributed by atoms with Gasteiger partial charge in [0.25, 0.3) is 0 Å². The minimum absolute atomic E-state index is 0.0173. The van der Waals surface area contributed by atoms with Crippen LogP contribution < -0.4 is 0 Å². The molecule has 1 aromatic heterocycles. The normalized spacial score (nSPS) is 11.8. The minimum Gasteiger partial charge on any atom is -0.378 e. The Labute approximate surface area is 89.2 Å². The van der Waals surface area contributed by atoms with E-state index < -0.39 is 12.6 Å². The van der Waals surface area contributed by atoms with Crippen LogP contribution in [0.1, 0.15) is 11.5 Å². The quantitative estimate of drug-likeness (QED) is 0.761. The van der Waals surface area contributed by atoms with Gasteiger partial charge in [0.2, 0.25) is 0 Å². The Bertz CT molecular complexity index is 343. The van der Waals surface area contributed by atoms with Gasteiger partial charge in [0, 0.05) is 7.11 Å². The Morgan fingerprint density at radius 1 is 1.40 bits per heavy atom. The highest BCUT2D eigenvalue weighted by Gasteiger charge is 2.29. The molecule has 0 atom stereocenters. The molecule has 0 radical (unpaired) electrons. The van der Waals surface area contributed by atoms with Crippen molar-refractivity contribution >= 4 is 11.6 Å². The van der Waals surface area contributed by atoms with Crippen LogP contribution in [0.5, 0.6) is 0 Å². The van der Waals surface area contributed by atoms with E-state index in [0.29, 0.717) is 5.69 Å². The molecule has 0 bridgehead atoms. The summed E-state index contributed by atoms with van der Waals surface area (Å²) < 4.78 is 40.8. The Morgan fingerprint density at radius 3 is 2.60 bits per heavy atom. The van der Waals surface area contributed by atoms with Crippen LogP contribution in [0.25, 0.3) is 0 Å². The molecule has 0 aliphatic heterocycles. The van der Waals surface area contributed by atoms with Gasteiger partial charge in [-0.15, -0.1) is 0 Å². The average molecular weight is 241 g/mol. The molecule has 0 N–H and O–H groups in total. The lowest BCUT2D eigenvalue weighted by Gasteiger charge is -2.06. The van der Waals surface area contributed by atoms with Gasteiger partial charge < -0.3 is 4.74 Å². The highest BCUT2D eigenvalue weighted by Crippen LogP contribution is 2.20. The van der Waals surface area contributed by atoms with Gasteiger partial charge in [0.15, 0.2) is 0 Å². The molecule has 1 heterocycles. The summed E-state index contributed by atoms with van der Waals surface area (Å²) >= 11 is 5.54. The third-order valence-electron chi connectivity index (χ3n) is 1.45. The molecule has 0 unspecified atom stereocenters. The highest BCUT2D eigenvalue weighted by atomic mass is 35.5. The summed E-state index contributed by atoms with van der Waals surface area (Å²) in [6, 6.07) is 1.37.